The molecule has 0 aromatic carbocycles. The van der Waals surface area contributed by atoms with Gasteiger partial charge >= 0.3 is 0 Å². The van der Waals surface area contributed by atoms with Crippen LogP contribution in [0, 0.1) is 0 Å². The average Bonchev–Trinajstić information content (AvgIpc) is 3.09. The Morgan fingerprint density at radius 2 is 1.94 bits per heavy atom. The third kappa shape index (κ3) is 8.55. The third-order valence-electron chi connectivity index (χ3n) is 1.22. The topological polar surface area (TPSA) is 76.7 Å². The number of aromatic nitrogens is 3. The molecule has 3 heterocycles. The SMILES string of the molecule is C1=CSSN1.Nc1ncccn1.c1cnsc1. The Morgan fingerprint density at radius 1 is 1.12 bits per heavy atom. The maximum atomic E-state index is 5.14. The number of nitrogens with zero attached hydrogens (tertiary/aromatic N) is 3. The van der Waals surface area contributed by atoms with E-state index in [9.17, 15) is 0 Å². The van der Waals surface area contributed by atoms with E-state index in [1.54, 1.807) is 46.4 Å². The minimum Gasteiger partial charge on any atom is -0.368 e. The second-order valence-electron chi connectivity index (χ2n) is 2.40. The van der Waals surface area contributed by atoms with Gasteiger partial charge in [-0.2, -0.15) is 0 Å². The van der Waals surface area contributed by atoms with Gasteiger partial charge < -0.3 is 10.5 Å². The average molecular weight is 285 g/mol. The van der Waals surface area contributed by atoms with Crippen molar-refractivity contribution in [3.05, 3.63) is 47.7 Å². The lowest BCUT2D eigenvalue weighted by molar-refractivity contribution is 1.19. The first-order chi connectivity index (χ1) is 8.39. The lowest BCUT2D eigenvalue weighted by atomic mass is 10.7. The van der Waals surface area contributed by atoms with Gasteiger partial charge in [-0.15, -0.1) is 0 Å². The first-order valence-corrected chi connectivity index (χ1v) is 7.54. The molecule has 0 radical (unpaired) electrons. The number of anilines is 1. The monoisotopic (exact) mass is 285 g/mol. The Labute approximate surface area is 112 Å². The van der Waals surface area contributed by atoms with Crippen LogP contribution >= 0.6 is 33.3 Å². The molecular weight excluding hydrogens is 274 g/mol. The second-order valence-corrected chi connectivity index (χ2v) is 5.03. The molecule has 0 unspecified atom stereocenters. The predicted molar refractivity (Wildman–Crippen MR) is 76.0 cm³/mol. The number of nitrogens with one attached hydrogen (secondary N) is 1. The van der Waals surface area contributed by atoms with E-state index in [1.165, 1.54) is 11.5 Å². The van der Waals surface area contributed by atoms with Gasteiger partial charge in [0.15, 0.2) is 0 Å². The summed E-state index contributed by atoms with van der Waals surface area (Å²) in [6, 6.07) is 3.63. The highest BCUT2D eigenvalue weighted by molar-refractivity contribution is 8.77. The molecule has 17 heavy (non-hydrogen) atoms. The zero-order chi connectivity index (χ0) is 12.2. The molecule has 0 bridgehead atoms. The molecule has 3 rings (SSSR count). The van der Waals surface area contributed by atoms with E-state index in [0.29, 0.717) is 5.95 Å². The molecule has 0 atom stereocenters. The number of nitrogen functional groups attached to an aromatic ring is 1. The molecule has 2 aromatic rings. The van der Waals surface area contributed by atoms with Crippen LogP contribution in [0.3, 0.4) is 0 Å². The summed E-state index contributed by atoms with van der Waals surface area (Å²) < 4.78 is 6.69. The molecule has 2 aromatic heterocycles. The van der Waals surface area contributed by atoms with Crippen LogP contribution in [0.15, 0.2) is 47.7 Å². The molecule has 0 saturated heterocycles. The summed E-state index contributed by atoms with van der Waals surface area (Å²) in [6.45, 7) is 0. The number of hydrogen-bond donors (Lipinski definition) is 2. The molecule has 1 aliphatic rings. The van der Waals surface area contributed by atoms with Crippen molar-refractivity contribution >= 4 is 39.3 Å². The lowest BCUT2D eigenvalue weighted by Crippen LogP contribution is -1.90. The van der Waals surface area contributed by atoms with Crippen molar-refractivity contribution in [2.75, 3.05) is 5.73 Å². The van der Waals surface area contributed by atoms with E-state index < -0.39 is 0 Å². The number of rotatable bonds is 0. The Balaban J connectivity index is 0.000000130. The van der Waals surface area contributed by atoms with E-state index >= 15 is 0 Å². The van der Waals surface area contributed by atoms with E-state index in [1.807, 2.05) is 23.1 Å². The van der Waals surface area contributed by atoms with Gasteiger partial charge in [0, 0.05) is 46.6 Å². The first-order valence-electron chi connectivity index (χ1n) is 4.49. The third-order valence-corrected chi connectivity index (χ3v) is 3.23. The van der Waals surface area contributed by atoms with Gasteiger partial charge in [-0.05, 0) is 34.5 Å². The van der Waals surface area contributed by atoms with Crippen molar-refractivity contribution in [3.63, 3.8) is 0 Å². The van der Waals surface area contributed by atoms with E-state index in [4.69, 9.17) is 5.73 Å². The summed E-state index contributed by atoms with van der Waals surface area (Å²) in [6.07, 6.45) is 6.88. The summed E-state index contributed by atoms with van der Waals surface area (Å²) in [5, 5.41) is 3.94. The van der Waals surface area contributed by atoms with Crippen molar-refractivity contribution in [2.45, 2.75) is 0 Å². The Kier molecular flexibility index (Phi) is 8.08. The van der Waals surface area contributed by atoms with Crippen molar-refractivity contribution in [2.24, 2.45) is 0 Å². The van der Waals surface area contributed by atoms with Gasteiger partial charge in [0.25, 0.3) is 0 Å². The highest BCUT2D eigenvalue weighted by Gasteiger charge is 1.83. The first kappa shape index (κ1) is 13.8. The summed E-state index contributed by atoms with van der Waals surface area (Å²) in [5.41, 5.74) is 5.14. The van der Waals surface area contributed by atoms with Crippen LogP contribution in [0.4, 0.5) is 5.95 Å². The molecule has 90 valence electrons. The summed E-state index contributed by atoms with van der Waals surface area (Å²) in [4.78, 5) is 7.29. The van der Waals surface area contributed by atoms with Gasteiger partial charge in [0.2, 0.25) is 5.95 Å². The van der Waals surface area contributed by atoms with Crippen LogP contribution in [0.2, 0.25) is 0 Å². The van der Waals surface area contributed by atoms with Crippen LogP contribution < -0.4 is 10.5 Å². The molecule has 0 amide bonds. The van der Waals surface area contributed by atoms with Gasteiger partial charge in [0.1, 0.15) is 0 Å². The Bertz CT molecular complexity index is 369. The van der Waals surface area contributed by atoms with Crippen LogP contribution in [-0.4, -0.2) is 14.3 Å². The molecule has 0 spiro atoms. The van der Waals surface area contributed by atoms with Crippen molar-refractivity contribution in [3.8, 4) is 0 Å². The fraction of sp³-hybridized carbons (Fsp3) is 0. The maximum Gasteiger partial charge on any atom is 0.219 e. The quantitative estimate of drug-likeness (QED) is 0.569. The van der Waals surface area contributed by atoms with E-state index in [0.717, 1.165) is 0 Å². The lowest BCUT2D eigenvalue weighted by Gasteiger charge is -1.82. The number of nitrogens with two attached hydrogens (primary N) is 1. The zero-order valence-electron chi connectivity index (χ0n) is 8.76. The molecule has 0 saturated carbocycles. The van der Waals surface area contributed by atoms with Gasteiger partial charge in [-0.25, -0.2) is 14.3 Å². The van der Waals surface area contributed by atoms with Gasteiger partial charge in [-0.1, -0.05) is 0 Å². The standard InChI is InChI=1S/C4H5N3.C3H3NS.C2H3NS2/c5-4-6-2-1-3-7-4;2*1-2-4-5-3-1/h1-3H,(H2,5,6,7);2*1-3H. The second kappa shape index (κ2) is 9.94. The highest BCUT2D eigenvalue weighted by atomic mass is 33.1. The Hall–Kier alpha value is -1.25. The summed E-state index contributed by atoms with van der Waals surface area (Å²) >= 11 is 1.46. The smallest absolute Gasteiger partial charge is 0.219 e. The minimum absolute atomic E-state index is 0.322. The Morgan fingerprint density at radius 3 is 2.18 bits per heavy atom. The predicted octanol–water partition coefficient (Wildman–Crippen LogP) is 2.56. The molecule has 1 aliphatic heterocycles. The molecule has 8 heteroatoms. The molecule has 3 N–H and O–H groups in total. The van der Waals surface area contributed by atoms with Crippen LogP contribution in [0.1, 0.15) is 0 Å². The van der Waals surface area contributed by atoms with Gasteiger partial charge in [0.05, 0.1) is 0 Å². The normalized spacial score (nSPS) is 11.5. The van der Waals surface area contributed by atoms with Crippen molar-refractivity contribution in [1.82, 2.24) is 19.1 Å². The van der Waals surface area contributed by atoms with Gasteiger partial charge in [-0.3, -0.25) is 0 Å². The molecule has 0 aliphatic carbocycles. The molecular formula is C9H11N5S3. The zero-order valence-corrected chi connectivity index (χ0v) is 11.2. The largest absolute Gasteiger partial charge is 0.368 e. The van der Waals surface area contributed by atoms with Crippen LogP contribution in [-0.2, 0) is 0 Å². The van der Waals surface area contributed by atoms with Crippen LogP contribution in [0.25, 0.3) is 0 Å². The number of hydrogen-bond acceptors (Lipinski definition) is 8. The summed E-state index contributed by atoms with van der Waals surface area (Å²) in [5.74, 6) is 0.322. The fourth-order valence-electron chi connectivity index (χ4n) is 0.625. The van der Waals surface area contributed by atoms with E-state index in [-0.39, 0.29) is 0 Å². The van der Waals surface area contributed by atoms with Crippen molar-refractivity contribution in [1.29, 1.82) is 0 Å². The summed E-state index contributed by atoms with van der Waals surface area (Å²) in [7, 11) is 3.33. The van der Waals surface area contributed by atoms with E-state index in [2.05, 4.69) is 19.1 Å². The fourth-order valence-corrected chi connectivity index (χ4v) is 2.09. The highest BCUT2D eigenvalue weighted by Crippen LogP contribution is 2.22. The van der Waals surface area contributed by atoms with Crippen LogP contribution in [0.5, 0.6) is 0 Å². The molecule has 0 fully saturated rings. The molecule has 5 nitrogen and oxygen atoms in total. The maximum absolute atomic E-state index is 5.14. The van der Waals surface area contributed by atoms with Crippen molar-refractivity contribution < 1.29 is 0 Å². The minimum atomic E-state index is 0.322.